The summed E-state index contributed by atoms with van der Waals surface area (Å²) in [6, 6.07) is 14.6. The molecule has 0 unspecified atom stereocenters. The normalized spacial score (nSPS) is 13.1. The van der Waals surface area contributed by atoms with Gasteiger partial charge in [0.05, 0.1) is 11.9 Å². The maximum absolute atomic E-state index is 13.5. The average Bonchev–Trinajstić information content (AvgIpc) is 2.82. The number of anilines is 1. The molecular weight excluding hydrogens is 474 g/mol. The molecule has 0 aliphatic heterocycles. The Morgan fingerprint density at radius 2 is 1.47 bits per heavy atom. The van der Waals surface area contributed by atoms with Crippen molar-refractivity contribution in [1.29, 1.82) is 0 Å². The van der Waals surface area contributed by atoms with Crippen molar-refractivity contribution in [3.8, 4) is 0 Å². The Morgan fingerprint density at radius 1 is 0.917 bits per heavy atom. The number of sulfonamides is 1. The topological polar surface area (TPSA) is 86.8 Å². The molecule has 0 aliphatic carbocycles. The first-order valence-corrected chi connectivity index (χ1v) is 14.5. The number of nitrogens with one attached hydrogen (secondary N) is 1. The van der Waals surface area contributed by atoms with Gasteiger partial charge in [-0.1, -0.05) is 61.4 Å². The van der Waals surface area contributed by atoms with Crippen molar-refractivity contribution in [3.05, 3.63) is 65.2 Å². The number of carbonyl (C=O) groups is 2. The number of hydrogen-bond donors (Lipinski definition) is 1. The van der Waals surface area contributed by atoms with Crippen LogP contribution in [0.1, 0.15) is 63.1 Å². The van der Waals surface area contributed by atoms with Gasteiger partial charge in [0.1, 0.15) is 6.04 Å². The van der Waals surface area contributed by atoms with Crippen LogP contribution >= 0.6 is 0 Å². The van der Waals surface area contributed by atoms with E-state index in [0.717, 1.165) is 23.1 Å². The van der Waals surface area contributed by atoms with E-state index < -0.39 is 16.1 Å². The third kappa shape index (κ3) is 8.66. The molecule has 2 amide bonds. The molecule has 2 rings (SSSR count). The van der Waals surface area contributed by atoms with E-state index in [0.29, 0.717) is 25.1 Å². The third-order valence-electron chi connectivity index (χ3n) is 6.33. The lowest BCUT2D eigenvalue weighted by Crippen LogP contribution is -2.50. The maximum Gasteiger partial charge on any atom is 0.243 e. The number of nitrogens with zero attached hydrogens (tertiary/aromatic N) is 2. The predicted molar refractivity (Wildman–Crippen MR) is 146 cm³/mol. The molecule has 2 aromatic rings. The van der Waals surface area contributed by atoms with Gasteiger partial charge in [-0.2, -0.15) is 0 Å². The summed E-state index contributed by atoms with van der Waals surface area (Å²) >= 11 is 0. The highest BCUT2D eigenvalue weighted by molar-refractivity contribution is 7.92. The van der Waals surface area contributed by atoms with Gasteiger partial charge in [0.15, 0.2) is 0 Å². The Labute approximate surface area is 216 Å². The molecule has 0 heterocycles. The van der Waals surface area contributed by atoms with Gasteiger partial charge in [-0.3, -0.25) is 13.9 Å². The van der Waals surface area contributed by atoms with E-state index >= 15 is 0 Å². The van der Waals surface area contributed by atoms with Crippen LogP contribution in [-0.2, 0) is 26.2 Å². The minimum atomic E-state index is -3.51. The molecule has 0 fully saturated rings. The van der Waals surface area contributed by atoms with Gasteiger partial charge in [-0.15, -0.1) is 0 Å². The summed E-state index contributed by atoms with van der Waals surface area (Å²) < 4.78 is 26.2. The Bertz CT molecular complexity index is 1100. The average molecular weight is 516 g/mol. The molecule has 0 bridgehead atoms. The van der Waals surface area contributed by atoms with E-state index in [-0.39, 0.29) is 30.8 Å². The fourth-order valence-corrected chi connectivity index (χ4v) is 4.93. The maximum atomic E-state index is 13.5. The minimum Gasteiger partial charge on any atom is -0.352 e. The van der Waals surface area contributed by atoms with Gasteiger partial charge in [-0.25, -0.2) is 8.42 Å². The van der Waals surface area contributed by atoms with Crippen molar-refractivity contribution in [2.24, 2.45) is 0 Å². The summed E-state index contributed by atoms with van der Waals surface area (Å²) in [4.78, 5) is 28.2. The molecule has 36 heavy (non-hydrogen) atoms. The summed E-state index contributed by atoms with van der Waals surface area (Å²) in [7, 11) is -3.51. The van der Waals surface area contributed by atoms with Crippen LogP contribution in [0.2, 0.25) is 0 Å². The van der Waals surface area contributed by atoms with E-state index in [4.69, 9.17) is 0 Å². The second kappa shape index (κ2) is 13.4. The second-order valence-electron chi connectivity index (χ2n) is 9.52. The van der Waals surface area contributed by atoms with Crippen LogP contribution in [-0.4, -0.2) is 50.0 Å². The minimum absolute atomic E-state index is 0.0145. The quantitative estimate of drug-likeness (QED) is 0.423. The van der Waals surface area contributed by atoms with Gasteiger partial charge in [0.25, 0.3) is 0 Å². The van der Waals surface area contributed by atoms with Gasteiger partial charge >= 0.3 is 0 Å². The van der Waals surface area contributed by atoms with Crippen LogP contribution < -0.4 is 9.62 Å². The molecule has 8 heteroatoms. The van der Waals surface area contributed by atoms with Crippen LogP contribution in [0.25, 0.3) is 0 Å². The zero-order valence-electron chi connectivity index (χ0n) is 22.5. The first-order chi connectivity index (χ1) is 17.0. The molecule has 0 saturated heterocycles. The van der Waals surface area contributed by atoms with Crippen LogP contribution in [0.15, 0.2) is 48.5 Å². The van der Waals surface area contributed by atoms with Crippen molar-refractivity contribution in [1.82, 2.24) is 10.2 Å². The molecule has 2 aromatic carbocycles. The Hall–Kier alpha value is -2.87. The van der Waals surface area contributed by atoms with E-state index in [1.807, 2.05) is 71.0 Å². The molecule has 0 spiro atoms. The zero-order chi connectivity index (χ0) is 26.9. The highest BCUT2D eigenvalue weighted by Gasteiger charge is 2.29. The molecule has 7 nitrogen and oxygen atoms in total. The van der Waals surface area contributed by atoms with E-state index in [1.54, 1.807) is 17.0 Å². The van der Waals surface area contributed by atoms with Crippen molar-refractivity contribution < 1.29 is 18.0 Å². The van der Waals surface area contributed by atoms with Crippen molar-refractivity contribution in [2.45, 2.75) is 78.9 Å². The van der Waals surface area contributed by atoms with Gasteiger partial charge < -0.3 is 10.2 Å². The van der Waals surface area contributed by atoms with Gasteiger partial charge in [0.2, 0.25) is 21.8 Å². The number of hydrogen-bond acceptors (Lipinski definition) is 4. The van der Waals surface area contributed by atoms with Gasteiger partial charge in [-0.05, 0) is 57.7 Å². The van der Waals surface area contributed by atoms with Crippen LogP contribution in [0.3, 0.4) is 0 Å². The third-order valence-corrected chi connectivity index (χ3v) is 7.53. The van der Waals surface area contributed by atoms with Crippen LogP contribution in [0, 0.1) is 13.8 Å². The number of aryl methyl sites for hydroxylation is 2. The molecule has 0 aromatic heterocycles. The predicted octanol–water partition coefficient (Wildman–Crippen LogP) is 4.57. The number of amides is 2. The first-order valence-electron chi connectivity index (χ1n) is 12.7. The first kappa shape index (κ1) is 29.4. The number of benzene rings is 2. The molecule has 1 N–H and O–H groups in total. The van der Waals surface area contributed by atoms with Crippen LogP contribution in [0.4, 0.5) is 5.69 Å². The fraction of sp³-hybridized carbons (Fsp3) is 0.500. The SMILES string of the molecule is CC[C@H](C(=O)N[C@@H](C)CC)N(Cc1ccc(C)cc1)C(=O)CCCN(c1ccc(C)cc1)S(C)(=O)=O. The Morgan fingerprint density at radius 3 is 1.97 bits per heavy atom. The lowest BCUT2D eigenvalue weighted by atomic mass is 10.1. The molecule has 0 aliphatic rings. The molecule has 0 radical (unpaired) electrons. The van der Waals surface area contributed by atoms with Crippen molar-refractivity contribution >= 4 is 27.5 Å². The zero-order valence-corrected chi connectivity index (χ0v) is 23.3. The summed E-state index contributed by atoms with van der Waals surface area (Å²) in [5, 5.41) is 3.01. The second-order valence-corrected chi connectivity index (χ2v) is 11.4. The summed E-state index contributed by atoms with van der Waals surface area (Å²) in [6.45, 7) is 10.3. The monoisotopic (exact) mass is 515 g/mol. The van der Waals surface area contributed by atoms with E-state index in [2.05, 4.69) is 5.32 Å². The standard InChI is InChI=1S/C28H41N3O4S/c1-7-23(5)29-28(33)26(8-2)30(20-24-15-11-21(3)12-16-24)27(32)10-9-19-31(36(6,34)35)25-17-13-22(4)14-18-25/h11-18,23,26H,7-10,19-20H2,1-6H3,(H,29,33)/t23-,26+/m0/s1. The number of carbonyl (C=O) groups excluding carboxylic acids is 2. The Balaban J connectivity index is 2.21. The highest BCUT2D eigenvalue weighted by atomic mass is 32.2. The van der Waals surface area contributed by atoms with E-state index in [9.17, 15) is 18.0 Å². The molecule has 0 saturated carbocycles. The summed E-state index contributed by atoms with van der Waals surface area (Å²) in [6.07, 6.45) is 2.93. The van der Waals surface area contributed by atoms with Crippen molar-refractivity contribution in [2.75, 3.05) is 17.1 Å². The molecule has 198 valence electrons. The highest BCUT2D eigenvalue weighted by Crippen LogP contribution is 2.20. The van der Waals surface area contributed by atoms with Gasteiger partial charge in [0, 0.05) is 25.6 Å². The molecule has 2 atom stereocenters. The smallest absolute Gasteiger partial charge is 0.243 e. The lowest BCUT2D eigenvalue weighted by molar-refractivity contribution is -0.141. The molecular formula is C28H41N3O4S. The fourth-order valence-electron chi connectivity index (χ4n) is 3.97. The van der Waals surface area contributed by atoms with Crippen LogP contribution in [0.5, 0.6) is 0 Å². The summed E-state index contributed by atoms with van der Waals surface area (Å²) in [5.74, 6) is -0.330. The Kier molecular flexibility index (Phi) is 11.0. The van der Waals surface area contributed by atoms with Crippen molar-refractivity contribution in [3.63, 3.8) is 0 Å². The largest absolute Gasteiger partial charge is 0.352 e. The lowest BCUT2D eigenvalue weighted by Gasteiger charge is -2.32. The number of rotatable bonds is 13. The van der Waals surface area contributed by atoms with E-state index in [1.165, 1.54) is 10.6 Å². The summed E-state index contributed by atoms with van der Waals surface area (Å²) in [5.41, 5.74) is 3.68.